The van der Waals surface area contributed by atoms with E-state index in [1.54, 1.807) is 0 Å². The van der Waals surface area contributed by atoms with Gasteiger partial charge in [-0.15, -0.1) is 0 Å². The number of carboxylic acids is 1. The molecule has 1 amide bonds. The molecule has 1 heterocycles. The molecule has 3 rings (SSSR count). The van der Waals surface area contributed by atoms with Crippen molar-refractivity contribution in [1.29, 1.82) is 0 Å². The SMILES string of the molecule is O=C(NC1(C(=O)O)CCOC1)C1CC1c1cccc(F)c1F. The Morgan fingerprint density at radius 3 is 2.77 bits per heavy atom. The molecule has 2 aliphatic rings. The maximum Gasteiger partial charge on any atom is 0.331 e. The van der Waals surface area contributed by atoms with Gasteiger partial charge in [0.05, 0.1) is 6.61 Å². The normalized spacial score (nSPS) is 30.1. The van der Waals surface area contributed by atoms with Gasteiger partial charge >= 0.3 is 5.97 Å². The fraction of sp³-hybridized carbons (Fsp3) is 0.467. The van der Waals surface area contributed by atoms with Crippen LogP contribution in [-0.4, -0.2) is 35.7 Å². The van der Waals surface area contributed by atoms with Crippen LogP contribution >= 0.6 is 0 Å². The second kappa shape index (κ2) is 5.31. The molecule has 2 N–H and O–H groups in total. The molecule has 0 radical (unpaired) electrons. The molecule has 22 heavy (non-hydrogen) atoms. The van der Waals surface area contributed by atoms with Crippen molar-refractivity contribution in [1.82, 2.24) is 5.32 Å². The maximum atomic E-state index is 13.7. The van der Waals surface area contributed by atoms with Crippen LogP contribution in [0, 0.1) is 17.6 Å². The van der Waals surface area contributed by atoms with Gasteiger partial charge < -0.3 is 15.2 Å². The van der Waals surface area contributed by atoms with Crippen LogP contribution in [0.3, 0.4) is 0 Å². The molecule has 1 saturated carbocycles. The maximum absolute atomic E-state index is 13.7. The molecule has 2 fully saturated rings. The summed E-state index contributed by atoms with van der Waals surface area (Å²) in [5.74, 6) is -4.44. The molecule has 0 bridgehead atoms. The number of nitrogens with one attached hydrogen (secondary N) is 1. The van der Waals surface area contributed by atoms with Crippen LogP contribution in [0.5, 0.6) is 0 Å². The summed E-state index contributed by atoms with van der Waals surface area (Å²) in [6.07, 6.45) is 0.572. The van der Waals surface area contributed by atoms with E-state index < -0.39 is 40.9 Å². The first kappa shape index (κ1) is 14.9. The van der Waals surface area contributed by atoms with Gasteiger partial charge in [-0.1, -0.05) is 12.1 Å². The summed E-state index contributed by atoms with van der Waals surface area (Å²) in [7, 11) is 0. The lowest BCUT2D eigenvalue weighted by molar-refractivity contribution is -0.147. The van der Waals surface area contributed by atoms with E-state index in [0.29, 0.717) is 6.42 Å². The number of carbonyl (C=O) groups excluding carboxylic acids is 1. The van der Waals surface area contributed by atoms with Crippen LogP contribution in [-0.2, 0) is 14.3 Å². The van der Waals surface area contributed by atoms with Crippen LogP contribution in [0.25, 0.3) is 0 Å². The highest BCUT2D eigenvalue weighted by Crippen LogP contribution is 2.48. The number of ether oxygens (including phenoxy) is 1. The zero-order chi connectivity index (χ0) is 15.9. The molecule has 1 aliphatic heterocycles. The Labute approximate surface area is 125 Å². The van der Waals surface area contributed by atoms with Crippen molar-refractivity contribution in [2.24, 2.45) is 5.92 Å². The second-order valence-corrected chi connectivity index (χ2v) is 5.77. The number of rotatable bonds is 4. The van der Waals surface area contributed by atoms with E-state index in [1.165, 1.54) is 12.1 Å². The van der Waals surface area contributed by atoms with Crippen LogP contribution in [0.4, 0.5) is 8.78 Å². The van der Waals surface area contributed by atoms with Crippen molar-refractivity contribution in [2.75, 3.05) is 13.2 Å². The van der Waals surface area contributed by atoms with Crippen LogP contribution in [0.15, 0.2) is 18.2 Å². The number of hydrogen-bond donors (Lipinski definition) is 2. The summed E-state index contributed by atoms with van der Waals surface area (Å²) in [5, 5.41) is 11.8. The van der Waals surface area contributed by atoms with Gasteiger partial charge in [0, 0.05) is 18.9 Å². The van der Waals surface area contributed by atoms with Crippen LogP contribution < -0.4 is 5.32 Å². The highest BCUT2D eigenvalue weighted by atomic mass is 19.2. The zero-order valence-corrected chi connectivity index (χ0v) is 11.6. The summed E-state index contributed by atoms with van der Waals surface area (Å²) < 4.78 is 32.0. The lowest BCUT2D eigenvalue weighted by Gasteiger charge is -2.23. The third-order valence-corrected chi connectivity index (χ3v) is 4.30. The summed E-state index contributed by atoms with van der Waals surface area (Å²) in [4.78, 5) is 23.6. The zero-order valence-electron chi connectivity index (χ0n) is 11.6. The third kappa shape index (κ3) is 2.45. The minimum atomic E-state index is -1.41. The van der Waals surface area contributed by atoms with Crippen molar-refractivity contribution < 1.29 is 28.2 Å². The minimum Gasteiger partial charge on any atom is -0.479 e. The number of aliphatic carboxylic acids is 1. The molecule has 1 aliphatic carbocycles. The largest absolute Gasteiger partial charge is 0.479 e. The van der Waals surface area contributed by atoms with Crippen molar-refractivity contribution >= 4 is 11.9 Å². The number of benzene rings is 1. The summed E-state index contributed by atoms with van der Waals surface area (Å²) in [5.41, 5.74) is -1.25. The number of carboxylic acid groups (broad SMARTS) is 1. The average Bonchev–Trinajstić information content (AvgIpc) is 3.13. The Bertz CT molecular complexity index is 628. The van der Waals surface area contributed by atoms with Gasteiger partial charge in [0.1, 0.15) is 0 Å². The van der Waals surface area contributed by atoms with Crippen molar-refractivity contribution in [3.8, 4) is 0 Å². The number of hydrogen-bond acceptors (Lipinski definition) is 3. The molecule has 7 heteroatoms. The minimum absolute atomic E-state index is 0.0835. The predicted molar refractivity (Wildman–Crippen MR) is 71.2 cm³/mol. The van der Waals surface area contributed by atoms with Gasteiger partial charge in [-0.25, -0.2) is 13.6 Å². The smallest absolute Gasteiger partial charge is 0.331 e. The average molecular weight is 311 g/mol. The van der Waals surface area contributed by atoms with Crippen LogP contribution in [0.2, 0.25) is 0 Å². The first-order chi connectivity index (χ1) is 10.4. The van der Waals surface area contributed by atoms with E-state index >= 15 is 0 Å². The highest BCUT2D eigenvalue weighted by molar-refractivity contribution is 5.90. The van der Waals surface area contributed by atoms with Gasteiger partial charge in [0.25, 0.3) is 0 Å². The number of halogens is 2. The second-order valence-electron chi connectivity index (χ2n) is 5.77. The molecule has 118 valence electrons. The molecule has 1 saturated heterocycles. The Hall–Kier alpha value is -2.02. The fourth-order valence-electron chi connectivity index (χ4n) is 2.85. The predicted octanol–water partition coefficient (Wildman–Crippen LogP) is 1.43. The van der Waals surface area contributed by atoms with E-state index in [1.807, 2.05) is 0 Å². The summed E-state index contributed by atoms with van der Waals surface area (Å²) >= 11 is 0. The topological polar surface area (TPSA) is 75.6 Å². The molecule has 3 atom stereocenters. The Morgan fingerprint density at radius 1 is 1.36 bits per heavy atom. The van der Waals surface area contributed by atoms with Gasteiger partial charge in [-0.2, -0.15) is 0 Å². The van der Waals surface area contributed by atoms with Crippen molar-refractivity contribution in [3.63, 3.8) is 0 Å². The lowest BCUT2D eigenvalue weighted by atomic mass is 9.98. The van der Waals surface area contributed by atoms with Gasteiger partial charge in [0.15, 0.2) is 17.2 Å². The van der Waals surface area contributed by atoms with Gasteiger partial charge in [-0.05, 0) is 24.0 Å². The molecular formula is C15H15F2NO4. The Morgan fingerprint density at radius 2 is 2.14 bits per heavy atom. The first-order valence-electron chi connectivity index (χ1n) is 7.02. The molecule has 5 nitrogen and oxygen atoms in total. The van der Waals surface area contributed by atoms with Crippen molar-refractivity contribution in [2.45, 2.75) is 24.3 Å². The third-order valence-electron chi connectivity index (χ3n) is 4.30. The molecule has 1 aromatic carbocycles. The van der Waals surface area contributed by atoms with Gasteiger partial charge in [0.2, 0.25) is 5.91 Å². The van der Waals surface area contributed by atoms with E-state index in [0.717, 1.165) is 6.07 Å². The summed E-state index contributed by atoms with van der Waals surface area (Å²) in [6, 6.07) is 3.86. The van der Waals surface area contributed by atoms with E-state index in [2.05, 4.69) is 5.32 Å². The Kier molecular flexibility index (Phi) is 3.60. The quantitative estimate of drug-likeness (QED) is 0.882. The van der Waals surface area contributed by atoms with Crippen LogP contribution in [0.1, 0.15) is 24.3 Å². The molecule has 0 spiro atoms. The van der Waals surface area contributed by atoms with E-state index in [9.17, 15) is 23.5 Å². The first-order valence-corrected chi connectivity index (χ1v) is 7.02. The molecule has 3 unspecified atom stereocenters. The molecule has 0 aromatic heterocycles. The fourth-order valence-corrected chi connectivity index (χ4v) is 2.85. The standard InChI is InChI=1S/C15H15F2NO4/c16-11-3-1-2-8(12(11)17)9-6-10(9)13(19)18-15(14(20)21)4-5-22-7-15/h1-3,9-10H,4-7H2,(H,18,19)(H,20,21). The van der Waals surface area contributed by atoms with Crippen molar-refractivity contribution in [3.05, 3.63) is 35.4 Å². The number of carbonyl (C=O) groups is 2. The molecular weight excluding hydrogens is 296 g/mol. The summed E-state index contributed by atoms with van der Waals surface area (Å²) in [6.45, 7) is 0.180. The Balaban J connectivity index is 1.70. The monoisotopic (exact) mass is 311 g/mol. The van der Waals surface area contributed by atoms with E-state index in [-0.39, 0.29) is 25.2 Å². The lowest BCUT2D eigenvalue weighted by Crippen LogP contribution is -2.55. The molecule has 1 aromatic rings. The number of amides is 1. The highest BCUT2D eigenvalue weighted by Gasteiger charge is 2.50. The van der Waals surface area contributed by atoms with Gasteiger partial charge in [-0.3, -0.25) is 4.79 Å². The van der Waals surface area contributed by atoms with E-state index in [4.69, 9.17) is 4.74 Å².